The molecule has 0 saturated carbocycles. The van der Waals surface area contributed by atoms with E-state index in [4.69, 9.17) is 17.2 Å². The maximum atomic E-state index is 13.8. The Balaban J connectivity index is 1.78. The zero-order valence-corrected chi connectivity index (χ0v) is 27.6. The number of H-pyrrole nitrogens is 1. The molecule has 0 aliphatic rings. The third-order valence-corrected chi connectivity index (χ3v) is 7.62. The van der Waals surface area contributed by atoms with Crippen LogP contribution in [-0.2, 0) is 43.2 Å². The summed E-state index contributed by atoms with van der Waals surface area (Å²) in [6.07, 6.45) is 5.10. The van der Waals surface area contributed by atoms with Crippen molar-refractivity contribution in [2.75, 3.05) is 6.54 Å². The van der Waals surface area contributed by atoms with E-state index in [0.29, 0.717) is 25.0 Å². The van der Waals surface area contributed by atoms with Crippen LogP contribution in [0, 0.1) is 0 Å². The number of carbonyl (C=O) groups is 5. The highest BCUT2D eigenvalue weighted by atomic mass is 16.2. The number of nitrogens with one attached hydrogen (secondary N) is 5. The van der Waals surface area contributed by atoms with E-state index in [2.05, 4.69) is 36.2 Å². The van der Waals surface area contributed by atoms with Crippen molar-refractivity contribution >= 4 is 35.5 Å². The second-order valence-corrected chi connectivity index (χ2v) is 11.6. The lowest BCUT2D eigenvalue weighted by molar-refractivity contribution is -0.134. The number of aryl methyl sites for hydroxylation is 1. The molecule has 0 unspecified atom stereocenters. The number of nitrogens with two attached hydrogens (primary N) is 3. The largest absolute Gasteiger partial charge is 0.370 e. The van der Waals surface area contributed by atoms with Gasteiger partial charge in [-0.3, -0.25) is 29.0 Å². The molecule has 0 fully saturated rings. The van der Waals surface area contributed by atoms with Crippen molar-refractivity contribution in [3.8, 4) is 0 Å². The molecule has 0 aliphatic carbocycles. The molecule has 2 aromatic carbocycles. The highest BCUT2D eigenvalue weighted by Gasteiger charge is 2.31. The molecule has 0 spiro atoms. The Labute approximate surface area is 285 Å². The Kier molecular flexibility index (Phi) is 15.3. The molecule has 262 valence electrons. The van der Waals surface area contributed by atoms with Crippen LogP contribution in [-0.4, -0.2) is 76.2 Å². The number of imidazole rings is 1. The number of hydrogen-bond acceptors (Lipinski definition) is 7. The van der Waals surface area contributed by atoms with E-state index in [1.165, 1.54) is 13.3 Å². The van der Waals surface area contributed by atoms with Crippen molar-refractivity contribution in [2.45, 2.75) is 76.0 Å². The van der Waals surface area contributed by atoms with Crippen molar-refractivity contribution in [1.29, 1.82) is 0 Å². The van der Waals surface area contributed by atoms with Crippen LogP contribution in [0.4, 0.5) is 0 Å². The number of amides is 5. The fourth-order valence-corrected chi connectivity index (χ4v) is 4.95. The molecule has 3 rings (SSSR count). The van der Waals surface area contributed by atoms with E-state index in [1.54, 1.807) is 30.5 Å². The van der Waals surface area contributed by atoms with Gasteiger partial charge in [-0.05, 0) is 43.7 Å². The van der Waals surface area contributed by atoms with Crippen molar-refractivity contribution in [2.24, 2.45) is 22.2 Å². The van der Waals surface area contributed by atoms with Crippen LogP contribution in [0.15, 0.2) is 78.2 Å². The molecule has 49 heavy (non-hydrogen) atoms. The Bertz CT molecular complexity index is 1530. The molecule has 11 N–H and O–H groups in total. The average molecular weight is 675 g/mol. The fraction of sp³-hybridized carbons (Fsp3) is 0.382. The summed E-state index contributed by atoms with van der Waals surface area (Å²) in [6.45, 7) is 1.62. The van der Waals surface area contributed by atoms with Gasteiger partial charge >= 0.3 is 0 Å². The summed E-state index contributed by atoms with van der Waals surface area (Å²) in [7, 11) is 0. The van der Waals surface area contributed by atoms with Crippen molar-refractivity contribution < 1.29 is 24.0 Å². The first kappa shape index (κ1) is 37.7. The van der Waals surface area contributed by atoms with Crippen molar-refractivity contribution in [3.63, 3.8) is 0 Å². The lowest BCUT2D eigenvalue weighted by Gasteiger charge is -2.26. The zero-order chi connectivity index (χ0) is 35.6. The van der Waals surface area contributed by atoms with Gasteiger partial charge in [0, 0.05) is 37.7 Å². The van der Waals surface area contributed by atoms with Gasteiger partial charge in [-0.1, -0.05) is 60.7 Å². The Morgan fingerprint density at radius 2 is 1.35 bits per heavy atom. The summed E-state index contributed by atoms with van der Waals surface area (Å²) in [5.41, 5.74) is 18.6. The van der Waals surface area contributed by atoms with Gasteiger partial charge in [0.25, 0.3) is 0 Å². The second-order valence-electron chi connectivity index (χ2n) is 11.6. The molecule has 5 amide bonds. The first-order valence-electron chi connectivity index (χ1n) is 16.1. The number of aromatic nitrogens is 2. The number of primary amides is 1. The minimum atomic E-state index is -1.14. The SMILES string of the molecule is C[C@@H](NC(=O)[C@H](CCCN=C(N)N)NC(=O)[C@@H](Cc1ccccc1)NC(=O)[C@H](Cc1cnc[nH]1)NC(=O)CCCc1ccccc1)C(N)=O. The molecule has 0 radical (unpaired) electrons. The number of benzene rings is 2. The summed E-state index contributed by atoms with van der Waals surface area (Å²) in [6, 6.07) is 14.5. The molecule has 1 aromatic heterocycles. The maximum absolute atomic E-state index is 13.8. The zero-order valence-electron chi connectivity index (χ0n) is 27.6. The average Bonchev–Trinajstić information content (AvgIpc) is 3.59. The highest BCUT2D eigenvalue weighted by molar-refractivity contribution is 5.95. The molecule has 15 nitrogen and oxygen atoms in total. The predicted octanol–water partition coefficient (Wildman–Crippen LogP) is -0.284. The summed E-state index contributed by atoms with van der Waals surface area (Å²) in [4.78, 5) is 76.3. The number of guanidine groups is 1. The van der Waals surface area contributed by atoms with Crippen LogP contribution >= 0.6 is 0 Å². The van der Waals surface area contributed by atoms with Crippen LogP contribution in [0.3, 0.4) is 0 Å². The summed E-state index contributed by atoms with van der Waals surface area (Å²) in [5.74, 6) is -3.09. The quantitative estimate of drug-likeness (QED) is 0.0448. The normalized spacial score (nSPS) is 13.2. The van der Waals surface area contributed by atoms with Gasteiger partial charge < -0.3 is 43.5 Å². The number of aliphatic imine (C=N–C) groups is 1. The Morgan fingerprint density at radius 3 is 1.94 bits per heavy atom. The molecule has 4 atom stereocenters. The maximum Gasteiger partial charge on any atom is 0.243 e. The molecule has 0 aliphatic heterocycles. The first-order chi connectivity index (χ1) is 23.5. The second kappa shape index (κ2) is 19.8. The van der Waals surface area contributed by atoms with Crippen molar-refractivity contribution in [1.82, 2.24) is 31.2 Å². The van der Waals surface area contributed by atoms with E-state index in [-0.39, 0.29) is 44.1 Å². The standard InChI is InChI=1S/C34H46N10O5/c1-22(30(35)46)41-31(47)26(15-9-17-39-34(36)37)43-32(48)27(18-24-12-6-3-7-13-24)44-33(49)28(19-25-20-38-21-40-25)42-29(45)16-8-14-23-10-4-2-5-11-23/h2-7,10-13,20-22,26-28H,8-9,14-19H2,1H3,(H2,35,46)(H,38,40)(H,41,47)(H,42,45)(H,43,48)(H,44,49)(H4,36,37,39)/t22-,26+,27-,28+/m1/s1. The van der Waals surface area contributed by atoms with Gasteiger partial charge in [-0.2, -0.15) is 0 Å². The van der Waals surface area contributed by atoms with Crippen molar-refractivity contribution in [3.05, 3.63) is 90.0 Å². The van der Waals surface area contributed by atoms with Gasteiger partial charge in [0.1, 0.15) is 24.2 Å². The van der Waals surface area contributed by atoms with Gasteiger partial charge in [0.05, 0.1) is 6.33 Å². The van der Waals surface area contributed by atoms with E-state index in [0.717, 1.165) is 11.1 Å². The van der Waals surface area contributed by atoms with Crippen LogP contribution in [0.2, 0.25) is 0 Å². The van der Waals surface area contributed by atoms with Gasteiger partial charge in [0.15, 0.2) is 5.96 Å². The molecule has 15 heteroatoms. The Hall–Kier alpha value is -5.73. The van der Waals surface area contributed by atoms with Crippen LogP contribution < -0.4 is 38.5 Å². The fourth-order valence-electron chi connectivity index (χ4n) is 4.95. The number of hydrogen-bond donors (Lipinski definition) is 8. The lowest BCUT2D eigenvalue weighted by atomic mass is 10.0. The number of rotatable bonds is 20. The van der Waals surface area contributed by atoms with Gasteiger partial charge in [-0.25, -0.2) is 4.98 Å². The number of carbonyl (C=O) groups excluding carboxylic acids is 5. The van der Waals surface area contributed by atoms with Crippen LogP contribution in [0.1, 0.15) is 49.4 Å². The van der Waals surface area contributed by atoms with Gasteiger partial charge in [0.2, 0.25) is 29.5 Å². The molecule has 0 bridgehead atoms. The van der Waals surface area contributed by atoms with E-state index in [1.807, 2.05) is 36.4 Å². The van der Waals surface area contributed by atoms with Crippen LogP contribution in [0.25, 0.3) is 0 Å². The third kappa shape index (κ3) is 13.9. The summed E-state index contributed by atoms with van der Waals surface area (Å²) in [5, 5.41) is 10.8. The lowest BCUT2D eigenvalue weighted by Crippen LogP contribution is -2.58. The number of aromatic amines is 1. The van der Waals surface area contributed by atoms with Crippen LogP contribution in [0.5, 0.6) is 0 Å². The van der Waals surface area contributed by atoms with Gasteiger partial charge in [-0.15, -0.1) is 0 Å². The molecular weight excluding hydrogens is 628 g/mol. The molecule has 3 aromatic rings. The third-order valence-electron chi connectivity index (χ3n) is 7.62. The molecular formula is C34H46N10O5. The van der Waals surface area contributed by atoms with E-state index in [9.17, 15) is 24.0 Å². The molecule has 0 saturated heterocycles. The smallest absolute Gasteiger partial charge is 0.243 e. The Morgan fingerprint density at radius 1 is 0.755 bits per heavy atom. The van der Waals surface area contributed by atoms with E-state index >= 15 is 0 Å². The summed E-state index contributed by atoms with van der Waals surface area (Å²) >= 11 is 0. The minimum Gasteiger partial charge on any atom is -0.370 e. The number of nitrogens with zero attached hydrogens (tertiary/aromatic N) is 2. The topological polar surface area (TPSA) is 253 Å². The predicted molar refractivity (Wildman–Crippen MR) is 184 cm³/mol. The molecule has 1 heterocycles. The highest BCUT2D eigenvalue weighted by Crippen LogP contribution is 2.09. The van der Waals surface area contributed by atoms with E-state index < -0.39 is 47.8 Å². The monoisotopic (exact) mass is 674 g/mol. The first-order valence-corrected chi connectivity index (χ1v) is 16.1. The minimum absolute atomic E-state index is 0.0836. The summed E-state index contributed by atoms with van der Waals surface area (Å²) < 4.78 is 0.